The second kappa shape index (κ2) is 9.52. The predicted octanol–water partition coefficient (Wildman–Crippen LogP) is 1.73. The number of hydrogen-bond acceptors (Lipinski definition) is 5. The minimum atomic E-state index is -3.62. The van der Waals surface area contributed by atoms with E-state index >= 15 is 0 Å². The van der Waals surface area contributed by atoms with Crippen molar-refractivity contribution < 1.29 is 18.0 Å². The highest BCUT2D eigenvalue weighted by Crippen LogP contribution is 2.22. The average Bonchev–Trinajstić information content (AvgIpc) is 3.44. The van der Waals surface area contributed by atoms with Gasteiger partial charge in [-0.15, -0.1) is 0 Å². The number of nitrogens with one attached hydrogen (secondary N) is 2. The molecule has 0 atom stereocenters. The highest BCUT2D eigenvalue weighted by atomic mass is 32.2. The summed E-state index contributed by atoms with van der Waals surface area (Å²) < 4.78 is 28.3. The number of sulfonamides is 1. The summed E-state index contributed by atoms with van der Waals surface area (Å²) in [4.78, 5) is 27.1. The first-order chi connectivity index (χ1) is 14.8. The van der Waals surface area contributed by atoms with Gasteiger partial charge in [-0.2, -0.15) is 4.31 Å². The second-order valence-electron chi connectivity index (χ2n) is 7.41. The van der Waals surface area contributed by atoms with Gasteiger partial charge in [0.2, 0.25) is 10.0 Å². The first-order valence-corrected chi connectivity index (χ1v) is 11.8. The van der Waals surface area contributed by atoms with Gasteiger partial charge in [-0.05, 0) is 57.0 Å². The van der Waals surface area contributed by atoms with Crippen LogP contribution < -0.4 is 15.8 Å². The van der Waals surface area contributed by atoms with E-state index in [1.54, 1.807) is 19.2 Å². The molecule has 3 rings (SSSR count). The van der Waals surface area contributed by atoms with Crippen LogP contribution in [0.3, 0.4) is 0 Å². The van der Waals surface area contributed by atoms with Crippen molar-refractivity contribution >= 4 is 27.5 Å². The minimum absolute atomic E-state index is 0.0698. The molecule has 0 bridgehead atoms. The molecule has 9 nitrogen and oxygen atoms in total. The number of carbonyl (C=O) groups is 2. The largest absolute Gasteiger partial charge is 0.372 e. The summed E-state index contributed by atoms with van der Waals surface area (Å²) in [5.41, 5.74) is 6.29. The Morgan fingerprint density at radius 2 is 1.58 bits per heavy atom. The Balaban J connectivity index is 1.64. The van der Waals surface area contributed by atoms with E-state index in [0.717, 1.165) is 31.6 Å². The van der Waals surface area contributed by atoms with Gasteiger partial charge in [0.05, 0.1) is 0 Å². The van der Waals surface area contributed by atoms with Crippen LogP contribution in [0.1, 0.15) is 47.5 Å². The molecule has 1 aliphatic heterocycles. The van der Waals surface area contributed by atoms with Gasteiger partial charge in [0, 0.05) is 50.7 Å². The minimum Gasteiger partial charge on any atom is -0.372 e. The zero-order valence-corrected chi connectivity index (χ0v) is 18.9. The molecular formula is C21H29N5O4S. The zero-order valence-electron chi connectivity index (χ0n) is 18.1. The molecule has 0 aliphatic carbocycles. The summed E-state index contributed by atoms with van der Waals surface area (Å²) in [5, 5.41) is 0. The monoisotopic (exact) mass is 447 g/mol. The van der Waals surface area contributed by atoms with E-state index in [1.165, 1.54) is 21.1 Å². The van der Waals surface area contributed by atoms with Gasteiger partial charge in [0.1, 0.15) is 10.6 Å². The number of nitrogens with zero attached hydrogens (tertiary/aromatic N) is 3. The number of anilines is 1. The Labute approximate surface area is 183 Å². The lowest BCUT2D eigenvalue weighted by molar-refractivity contribution is 0.0842. The van der Waals surface area contributed by atoms with Crippen LogP contribution >= 0.6 is 0 Å². The van der Waals surface area contributed by atoms with Crippen molar-refractivity contribution in [2.24, 2.45) is 7.05 Å². The third-order valence-corrected chi connectivity index (χ3v) is 7.33. The van der Waals surface area contributed by atoms with E-state index in [-0.39, 0.29) is 10.6 Å². The van der Waals surface area contributed by atoms with E-state index in [0.29, 0.717) is 18.7 Å². The molecule has 2 N–H and O–H groups in total. The molecule has 10 heteroatoms. The van der Waals surface area contributed by atoms with Gasteiger partial charge in [-0.3, -0.25) is 20.4 Å². The lowest BCUT2D eigenvalue weighted by Crippen LogP contribution is -2.42. The van der Waals surface area contributed by atoms with Crippen LogP contribution in [0, 0.1) is 0 Å². The molecule has 2 aromatic rings. The van der Waals surface area contributed by atoms with E-state index in [2.05, 4.69) is 29.6 Å². The maximum Gasteiger partial charge on any atom is 0.286 e. The number of aryl methyl sites for hydroxylation is 1. The Hall–Kier alpha value is -2.85. The van der Waals surface area contributed by atoms with Crippen molar-refractivity contribution in [2.75, 3.05) is 31.1 Å². The number of hydrogen-bond donors (Lipinski definition) is 2. The molecule has 31 heavy (non-hydrogen) atoms. The summed E-state index contributed by atoms with van der Waals surface area (Å²) in [5.74, 6) is -1.06. The summed E-state index contributed by atoms with van der Waals surface area (Å²) in [6.45, 7) is 6.83. The molecule has 0 unspecified atom stereocenters. The standard InChI is InChI=1S/C21H29N5O4S/c1-4-25(5-2)17-10-8-16(9-11-17)20(27)22-23-21(28)19-14-18(15-24(19)3)31(29,30)26-12-6-7-13-26/h8-11,14-15H,4-7,12-13H2,1-3H3,(H,22,27)(H,23,28). The lowest BCUT2D eigenvalue weighted by Gasteiger charge is -2.21. The summed E-state index contributed by atoms with van der Waals surface area (Å²) in [6, 6.07) is 8.43. The van der Waals surface area contributed by atoms with Crippen LogP contribution in [0.4, 0.5) is 5.69 Å². The van der Waals surface area contributed by atoms with Gasteiger partial charge in [-0.1, -0.05) is 0 Å². The molecule has 0 radical (unpaired) electrons. The summed E-state index contributed by atoms with van der Waals surface area (Å²) in [7, 11) is -2.03. The molecule has 0 saturated carbocycles. The Morgan fingerprint density at radius 1 is 1.00 bits per heavy atom. The average molecular weight is 448 g/mol. The van der Waals surface area contributed by atoms with Crippen molar-refractivity contribution in [3.8, 4) is 0 Å². The SMILES string of the molecule is CCN(CC)c1ccc(C(=O)NNC(=O)c2cc(S(=O)(=O)N3CCCC3)cn2C)cc1. The van der Waals surface area contributed by atoms with Crippen LogP contribution in [0.2, 0.25) is 0 Å². The van der Waals surface area contributed by atoms with Gasteiger partial charge in [0.15, 0.2) is 0 Å². The maximum absolute atomic E-state index is 12.7. The van der Waals surface area contributed by atoms with Crippen molar-refractivity contribution in [1.82, 2.24) is 19.7 Å². The number of hydrazine groups is 1. The molecular weight excluding hydrogens is 418 g/mol. The fourth-order valence-corrected chi connectivity index (χ4v) is 5.23. The fourth-order valence-electron chi connectivity index (χ4n) is 3.64. The van der Waals surface area contributed by atoms with Crippen LogP contribution in [-0.4, -0.2) is 55.3 Å². The Bertz CT molecular complexity index is 1040. The molecule has 2 heterocycles. The van der Waals surface area contributed by atoms with E-state index in [9.17, 15) is 18.0 Å². The van der Waals surface area contributed by atoms with Crippen molar-refractivity contribution in [1.29, 1.82) is 0 Å². The van der Waals surface area contributed by atoms with Crippen LogP contribution in [-0.2, 0) is 17.1 Å². The molecule has 0 spiro atoms. The topological polar surface area (TPSA) is 104 Å². The fraction of sp³-hybridized carbons (Fsp3) is 0.429. The molecule has 1 saturated heterocycles. The van der Waals surface area contributed by atoms with E-state index < -0.39 is 21.8 Å². The predicted molar refractivity (Wildman–Crippen MR) is 118 cm³/mol. The van der Waals surface area contributed by atoms with Crippen molar-refractivity contribution in [2.45, 2.75) is 31.6 Å². The summed E-state index contributed by atoms with van der Waals surface area (Å²) in [6.07, 6.45) is 3.08. The van der Waals surface area contributed by atoms with Gasteiger partial charge in [0.25, 0.3) is 11.8 Å². The Morgan fingerprint density at radius 3 is 2.16 bits per heavy atom. The molecule has 1 fully saturated rings. The first kappa shape index (κ1) is 22.8. The van der Waals surface area contributed by atoms with Crippen LogP contribution in [0.25, 0.3) is 0 Å². The van der Waals surface area contributed by atoms with Gasteiger partial charge < -0.3 is 9.47 Å². The van der Waals surface area contributed by atoms with E-state index in [4.69, 9.17) is 0 Å². The van der Waals surface area contributed by atoms with E-state index in [1.807, 2.05) is 12.1 Å². The maximum atomic E-state index is 12.7. The second-order valence-corrected chi connectivity index (χ2v) is 9.35. The molecule has 1 aromatic carbocycles. The number of benzene rings is 1. The van der Waals surface area contributed by atoms with Gasteiger partial charge in [-0.25, -0.2) is 8.42 Å². The number of carbonyl (C=O) groups excluding carboxylic acids is 2. The number of rotatable bonds is 7. The first-order valence-electron chi connectivity index (χ1n) is 10.4. The van der Waals surface area contributed by atoms with Crippen molar-refractivity contribution in [3.63, 3.8) is 0 Å². The zero-order chi connectivity index (χ0) is 22.6. The quantitative estimate of drug-likeness (QED) is 0.629. The molecule has 1 aromatic heterocycles. The highest BCUT2D eigenvalue weighted by Gasteiger charge is 2.29. The third kappa shape index (κ3) is 4.91. The Kier molecular flexibility index (Phi) is 7.01. The molecule has 168 valence electrons. The van der Waals surface area contributed by atoms with Crippen molar-refractivity contribution in [3.05, 3.63) is 47.8 Å². The lowest BCUT2D eigenvalue weighted by atomic mass is 10.2. The molecule has 2 amide bonds. The van der Waals surface area contributed by atoms with Gasteiger partial charge >= 0.3 is 0 Å². The smallest absolute Gasteiger partial charge is 0.286 e. The van der Waals surface area contributed by atoms with Crippen LogP contribution in [0.15, 0.2) is 41.4 Å². The summed E-state index contributed by atoms with van der Waals surface area (Å²) >= 11 is 0. The normalized spacial score (nSPS) is 14.4. The number of aromatic nitrogens is 1. The number of amides is 2. The third-order valence-electron chi connectivity index (χ3n) is 5.46. The van der Waals surface area contributed by atoms with Crippen LogP contribution in [0.5, 0.6) is 0 Å². The highest BCUT2D eigenvalue weighted by molar-refractivity contribution is 7.89. The molecule has 1 aliphatic rings.